The number of benzene rings is 1. The van der Waals surface area contributed by atoms with Gasteiger partial charge < -0.3 is 10.1 Å². The molecule has 1 aromatic carbocycles. The van der Waals surface area contributed by atoms with Crippen molar-refractivity contribution >= 4 is 11.8 Å². The number of rotatable bonds is 7. The van der Waals surface area contributed by atoms with Crippen molar-refractivity contribution < 1.29 is 23.1 Å². The lowest BCUT2D eigenvalue weighted by Crippen LogP contribution is -2.23. The van der Waals surface area contributed by atoms with E-state index in [0.29, 0.717) is 6.08 Å². The molecule has 0 radical (unpaired) electrons. The van der Waals surface area contributed by atoms with Crippen LogP contribution in [0.15, 0.2) is 42.1 Å². The van der Waals surface area contributed by atoms with Gasteiger partial charge in [-0.3, -0.25) is 4.79 Å². The van der Waals surface area contributed by atoms with Crippen LogP contribution in [-0.4, -0.2) is 24.8 Å². The van der Waals surface area contributed by atoms with Gasteiger partial charge in [0.1, 0.15) is 0 Å². The zero-order valence-corrected chi connectivity index (χ0v) is 10.9. The van der Waals surface area contributed by atoms with Crippen LogP contribution in [0.5, 0.6) is 0 Å². The lowest BCUT2D eigenvalue weighted by molar-refractivity contribution is -0.151. The second-order valence-electron chi connectivity index (χ2n) is 3.82. The fourth-order valence-electron chi connectivity index (χ4n) is 1.39. The van der Waals surface area contributed by atoms with Crippen LogP contribution in [0.2, 0.25) is 0 Å². The van der Waals surface area contributed by atoms with Gasteiger partial charge in [0.05, 0.1) is 12.3 Å². The quantitative estimate of drug-likeness (QED) is 0.473. The van der Waals surface area contributed by atoms with E-state index in [0.717, 1.165) is 5.56 Å². The molecular weight excluding hydrogens is 268 g/mol. The first kappa shape index (κ1) is 15.8. The first-order chi connectivity index (χ1) is 9.54. The van der Waals surface area contributed by atoms with Crippen LogP contribution in [-0.2, 0) is 20.9 Å². The van der Waals surface area contributed by atoms with E-state index in [9.17, 15) is 18.4 Å². The minimum atomic E-state index is -2.88. The molecule has 4 nitrogen and oxygen atoms in total. The summed E-state index contributed by atoms with van der Waals surface area (Å²) in [5.41, 5.74) is 0.175. The minimum Gasteiger partial charge on any atom is -0.460 e. The predicted octanol–water partition coefficient (Wildman–Crippen LogP) is 2.06. The molecule has 0 aliphatic heterocycles. The summed E-state index contributed by atoms with van der Waals surface area (Å²) in [4.78, 5) is 22.4. The molecule has 0 atom stereocenters. The summed E-state index contributed by atoms with van der Waals surface area (Å²) in [7, 11) is 0. The highest BCUT2D eigenvalue weighted by molar-refractivity contribution is 6.38. The van der Waals surface area contributed by atoms with Crippen LogP contribution in [0, 0.1) is 0 Å². The van der Waals surface area contributed by atoms with Gasteiger partial charge in [-0.2, -0.15) is 0 Å². The zero-order valence-electron chi connectivity index (χ0n) is 10.9. The predicted molar refractivity (Wildman–Crippen MR) is 69.0 cm³/mol. The van der Waals surface area contributed by atoms with Crippen LogP contribution in [0.1, 0.15) is 12.5 Å². The average Bonchev–Trinajstić information content (AvgIpc) is 2.44. The third-order valence-electron chi connectivity index (χ3n) is 2.34. The molecule has 108 valence electrons. The number of hydrogen-bond acceptors (Lipinski definition) is 4. The van der Waals surface area contributed by atoms with Crippen LogP contribution in [0.3, 0.4) is 0 Å². The molecule has 0 amide bonds. The van der Waals surface area contributed by atoms with E-state index in [4.69, 9.17) is 0 Å². The Morgan fingerprint density at radius 1 is 1.30 bits per heavy atom. The Kier molecular flexibility index (Phi) is 6.36. The van der Waals surface area contributed by atoms with Gasteiger partial charge in [-0.25, -0.2) is 13.6 Å². The highest BCUT2D eigenvalue weighted by Crippen LogP contribution is 2.08. The second kappa shape index (κ2) is 8.04. The van der Waals surface area contributed by atoms with E-state index < -0.39 is 23.9 Å². The third kappa shape index (κ3) is 5.17. The molecule has 6 heteroatoms. The van der Waals surface area contributed by atoms with Crippen molar-refractivity contribution in [1.29, 1.82) is 0 Å². The Morgan fingerprint density at radius 3 is 2.50 bits per heavy atom. The van der Waals surface area contributed by atoms with E-state index in [1.165, 1.54) is 6.92 Å². The van der Waals surface area contributed by atoms with Gasteiger partial charge in [0.25, 0.3) is 12.2 Å². The van der Waals surface area contributed by atoms with Gasteiger partial charge in [-0.15, -0.1) is 0 Å². The monoisotopic (exact) mass is 283 g/mol. The summed E-state index contributed by atoms with van der Waals surface area (Å²) in [6, 6.07) is 8.85. The molecule has 0 aliphatic rings. The summed E-state index contributed by atoms with van der Waals surface area (Å²) in [6.07, 6.45) is -2.30. The normalized spacial score (nSPS) is 11.3. The summed E-state index contributed by atoms with van der Waals surface area (Å²) in [5.74, 6) is -2.25. The minimum absolute atomic E-state index is 0.0138. The number of carbonyl (C=O) groups excluding carboxylic acids is 2. The topological polar surface area (TPSA) is 55.4 Å². The fraction of sp³-hybridized carbons (Fsp3) is 0.286. The Morgan fingerprint density at radius 2 is 1.95 bits per heavy atom. The first-order valence-electron chi connectivity index (χ1n) is 6.03. The van der Waals surface area contributed by atoms with Gasteiger partial charge in [-0.05, 0) is 12.5 Å². The van der Waals surface area contributed by atoms with Gasteiger partial charge in [-0.1, -0.05) is 30.3 Å². The number of alkyl halides is 2. The first-order valence-corrected chi connectivity index (χ1v) is 6.03. The number of nitrogens with one attached hydrogen (secondary N) is 1. The molecule has 0 aromatic heterocycles. The zero-order chi connectivity index (χ0) is 15.0. The molecule has 0 saturated carbocycles. The van der Waals surface area contributed by atoms with Gasteiger partial charge >= 0.3 is 5.97 Å². The molecule has 0 spiro atoms. The number of carbonyl (C=O) groups is 2. The van der Waals surface area contributed by atoms with Crippen LogP contribution in [0.4, 0.5) is 8.78 Å². The molecule has 1 N–H and O–H groups in total. The van der Waals surface area contributed by atoms with Crippen molar-refractivity contribution in [3.63, 3.8) is 0 Å². The SMILES string of the molecule is CCOC(=O)C(=O)C=C(NCc1ccccc1)C(F)F. The molecular formula is C14H15F2NO3. The average molecular weight is 283 g/mol. The Balaban J connectivity index is 2.69. The van der Waals surface area contributed by atoms with Crippen molar-refractivity contribution in [3.05, 3.63) is 47.7 Å². The second-order valence-corrected chi connectivity index (χ2v) is 3.82. The molecule has 0 bridgehead atoms. The van der Waals surface area contributed by atoms with E-state index in [2.05, 4.69) is 10.1 Å². The van der Waals surface area contributed by atoms with E-state index in [1.807, 2.05) is 0 Å². The summed E-state index contributed by atoms with van der Waals surface area (Å²) in [5, 5.41) is 2.45. The lowest BCUT2D eigenvalue weighted by Gasteiger charge is -2.10. The number of ether oxygens (including phenoxy) is 1. The third-order valence-corrected chi connectivity index (χ3v) is 2.34. The standard InChI is InChI=1S/C14H15F2NO3/c1-2-20-14(19)12(18)8-11(13(15)16)17-9-10-6-4-3-5-7-10/h3-8,13,17H,2,9H2,1H3. The lowest BCUT2D eigenvalue weighted by atomic mass is 10.2. The summed E-state index contributed by atoms with van der Waals surface area (Å²) in [6.45, 7) is 1.67. The molecule has 1 rings (SSSR count). The Bertz CT molecular complexity index is 486. The highest BCUT2D eigenvalue weighted by atomic mass is 19.3. The number of esters is 1. The van der Waals surface area contributed by atoms with Crippen molar-refractivity contribution in [2.45, 2.75) is 19.9 Å². The maximum Gasteiger partial charge on any atom is 0.379 e. The van der Waals surface area contributed by atoms with Gasteiger partial charge in [0, 0.05) is 12.6 Å². The molecule has 20 heavy (non-hydrogen) atoms. The molecule has 0 fully saturated rings. The fourth-order valence-corrected chi connectivity index (χ4v) is 1.39. The van der Waals surface area contributed by atoms with E-state index >= 15 is 0 Å². The summed E-state index contributed by atoms with van der Waals surface area (Å²) < 4.78 is 30.0. The number of allylic oxidation sites excluding steroid dienone is 1. The van der Waals surface area contributed by atoms with Gasteiger partial charge in [0.15, 0.2) is 0 Å². The maximum atomic E-state index is 12.8. The van der Waals surface area contributed by atoms with Gasteiger partial charge in [0.2, 0.25) is 0 Å². The Labute approximate surface area is 115 Å². The van der Waals surface area contributed by atoms with Crippen molar-refractivity contribution in [2.24, 2.45) is 0 Å². The largest absolute Gasteiger partial charge is 0.460 e. The molecule has 0 saturated heterocycles. The van der Waals surface area contributed by atoms with Crippen LogP contribution < -0.4 is 5.32 Å². The molecule has 0 aliphatic carbocycles. The van der Waals surface area contributed by atoms with Crippen molar-refractivity contribution in [3.8, 4) is 0 Å². The van der Waals surface area contributed by atoms with Crippen LogP contribution in [0.25, 0.3) is 0 Å². The van der Waals surface area contributed by atoms with E-state index in [-0.39, 0.29) is 13.2 Å². The summed E-state index contributed by atoms with van der Waals surface area (Å²) >= 11 is 0. The molecule has 0 unspecified atom stereocenters. The van der Waals surface area contributed by atoms with E-state index in [1.54, 1.807) is 30.3 Å². The smallest absolute Gasteiger partial charge is 0.379 e. The van der Waals surface area contributed by atoms with Crippen molar-refractivity contribution in [1.82, 2.24) is 5.32 Å². The maximum absolute atomic E-state index is 12.8. The highest BCUT2D eigenvalue weighted by Gasteiger charge is 2.18. The van der Waals surface area contributed by atoms with Crippen LogP contribution >= 0.6 is 0 Å². The number of hydrogen-bond donors (Lipinski definition) is 1. The molecule has 1 aromatic rings. The van der Waals surface area contributed by atoms with Crippen molar-refractivity contribution in [2.75, 3.05) is 6.61 Å². The Hall–Kier alpha value is -2.24. The number of halogens is 2. The molecule has 0 heterocycles. The number of ketones is 1.